The third kappa shape index (κ3) is 5.10. The third-order valence-electron chi connectivity index (χ3n) is 5.20. The second-order valence-electron chi connectivity index (χ2n) is 7.39. The van der Waals surface area contributed by atoms with Crippen molar-refractivity contribution < 1.29 is 9.53 Å². The molecule has 6 nitrogen and oxygen atoms in total. The number of rotatable bonds is 7. The second-order valence-corrected chi connectivity index (χ2v) is 7.39. The molecule has 1 saturated heterocycles. The lowest BCUT2D eigenvalue weighted by Gasteiger charge is -2.24. The molecule has 3 rings (SSSR count). The molecule has 1 fully saturated rings. The fourth-order valence-corrected chi connectivity index (χ4v) is 3.45. The summed E-state index contributed by atoms with van der Waals surface area (Å²) in [6, 6.07) is 8.19. The van der Waals surface area contributed by atoms with Crippen molar-refractivity contribution in [3.8, 4) is 5.75 Å². The molecule has 1 atom stereocenters. The smallest absolute Gasteiger partial charge is 0.244 e. The first-order chi connectivity index (χ1) is 13.0. The monoisotopic (exact) mass is 370 g/mol. The Morgan fingerprint density at radius 3 is 3.00 bits per heavy atom. The highest BCUT2D eigenvalue weighted by molar-refractivity contribution is 5.75. The Balaban J connectivity index is 1.51. The van der Waals surface area contributed by atoms with Gasteiger partial charge in [0, 0.05) is 31.4 Å². The number of hydrogen-bond acceptors (Lipinski definition) is 4. The summed E-state index contributed by atoms with van der Waals surface area (Å²) in [4.78, 5) is 14.3. The number of likely N-dealkylation sites (N-methyl/N-ethyl adjacent to an activating group) is 1. The number of ether oxygens (including phenoxy) is 1. The Hall–Kier alpha value is -2.34. The predicted molar refractivity (Wildman–Crippen MR) is 106 cm³/mol. The van der Waals surface area contributed by atoms with Crippen LogP contribution >= 0.6 is 0 Å². The molecule has 1 aliphatic rings. The first kappa shape index (κ1) is 19.4. The van der Waals surface area contributed by atoms with Crippen molar-refractivity contribution in [2.24, 2.45) is 0 Å². The maximum absolute atomic E-state index is 12.6. The van der Waals surface area contributed by atoms with Gasteiger partial charge in [0.05, 0.1) is 6.54 Å². The summed E-state index contributed by atoms with van der Waals surface area (Å²) in [5.74, 6) is 1.37. The van der Waals surface area contributed by atoms with Crippen LogP contribution in [0.2, 0.25) is 0 Å². The van der Waals surface area contributed by atoms with E-state index in [-0.39, 0.29) is 12.5 Å². The van der Waals surface area contributed by atoms with E-state index < -0.39 is 0 Å². The van der Waals surface area contributed by atoms with Crippen molar-refractivity contribution in [3.63, 3.8) is 0 Å². The summed E-state index contributed by atoms with van der Waals surface area (Å²) in [5, 5.41) is 7.80. The van der Waals surface area contributed by atoms with E-state index in [4.69, 9.17) is 4.74 Å². The van der Waals surface area contributed by atoms with Gasteiger partial charge in [0.25, 0.3) is 0 Å². The number of carbonyl (C=O) groups excluding carboxylic acids is 1. The van der Waals surface area contributed by atoms with Gasteiger partial charge in [0.1, 0.15) is 18.9 Å². The highest BCUT2D eigenvalue weighted by Gasteiger charge is 2.20. The number of hydrogen-bond donors (Lipinski definition) is 1. The molecular weight excluding hydrogens is 340 g/mol. The van der Waals surface area contributed by atoms with Gasteiger partial charge in [-0.25, -0.2) is 0 Å². The molecular formula is C21H30N4O2. The molecule has 0 radical (unpaired) electrons. The topological polar surface area (TPSA) is 59.4 Å². The molecule has 1 aromatic carbocycles. The van der Waals surface area contributed by atoms with Crippen molar-refractivity contribution in [2.75, 3.05) is 33.3 Å². The molecule has 0 aliphatic carbocycles. The van der Waals surface area contributed by atoms with E-state index in [1.54, 1.807) is 11.1 Å². The molecule has 0 spiro atoms. The van der Waals surface area contributed by atoms with Crippen LogP contribution in [0.5, 0.6) is 5.75 Å². The molecule has 1 aliphatic heterocycles. The van der Waals surface area contributed by atoms with E-state index in [0.29, 0.717) is 19.1 Å². The van der Waals surface area contributed by atoms with Crippen LogP contribution in [0.15, 0.2) is 30.5 Å². The van der Waals surface area contributed by atoms with Crippen LogP contribution in [0.1, 0.15) is 35.6 Å². The summed E-state index contributed by atoms with van der Waals surface area (Å²) < 4.78 is 7.72. The van der Waals surface area contributed by atoms with Crippen LogP contribution in [0, 0.1) is 13.8 Å². The molecule has 1 aromatic heterocycles. The minimum Gasteiger partial charge on any atom is -0.491 e. The molecule has 146 valence electrons. The van der Waals surface area contributed by atoms with Gasteiger partial charge < -0.3 is 15.0 Å². The Morgan fingerprint density at radius 1 is 1.37 bits per heavy atom. The Labute approximate surface area is 161 Å². The van der Waals surface area contributed by atoms with Gasteiger partial charge in [-0.1, -0.05) is 12.1 Å². The lowest BCUT2D eigenvalue weighted by atomic mass is 9.96. The summed E-state index contributed by atoms with van der Waals surface area (Å²) >= 11 is 0. The average Bonchev–Trinajstić information content (AvgIpc) is 3.13. The van der Waals surface area contributed by atoms with Gasteiger partial charge in [-0.15, -0.1) is 0 Å². The number of piperidine rings is 1. The van der Waals surface area contributed by atoms with E-state index in [1.165, 1.54) is 12.0 Å². The summed E-state index contributed by atoms with van der Waals surface area (Å²) in [7, 11) is 1.82. The summed E-state index contributed by atoms with van der Waals surface area (Å²) in [5.41, 5.74) is 3.43. The molecule has 27 heavy (non-hydrogen) atoms. The Kier molecular flexibility index (Phi) is 6.50. The maximum atomic E-state index is 12.6. The van der Waals surface area contributed by atoms with Gasteiger partial charge in [-0.3, -0.25) is 9.48 Å². The summed E-state index contributed by atoms with van der Waals surface area (Å²) in [6.45, 7) is 7.41. The van der Waals surface area contributed by atoms with Crippen LogP contribution in [-0.2, 0) is 11.3 Å². The maximum Gasteiger partial charge on any atom is 0.244 e. The van der Waals surface area contributed by atoms with Gasteiger partial charge in [-0.2, -0.15) is 5.10 Å². The minimum atomic E-state index is 0.0493. The van der Waals surface area contributed by atoms with E-state index in [0.717, 1.165) is 36.5 Å². The number of amides is 1. The molecule has 2 aromatic rings. The van der Waals surface area contributed by atoms with Crippen LogP contribution in [0.25, 0.3) is 0 Å². The zero-order valence-corrected chi connectivity index (χ0v) is 16.6. The van der Waals surface area contributed by atoms with Crippen LogP contribution < -0.4 is 10.1 Å². The first-order valence-electron chi connectivity index (χ1n) is 9.71. The van der Waals surface area contributed by atoms with E-state index in [9.17, 15) is 4.79 Å². The lowest BCUT2D eigenvalue weighted by Crippen LogP contribution is -2.35. The zero-order chi connectivity index (χ0) is 19.2. The van der Waals surface area contributed by atoms with E-state index >= 15 is 0 Å². The van der Waals surface area contributed by atoms with E-state index in [2.05, 4.69) is 22.5 Å². The fourth-order valence-electron chi connectivity index (χ4n) is 3.45. The minimum absolute atomic E-state index is 0.0493. The van der Waals surface area contributed by atoms with Crippen LogP contribution in [0.3, 0.4) is 0 Å². The standard InChI is InChI=1S/C21H30N4O2/c1-16-6-7-17(2)20(13-16)27-12-11-24(3)21(26)15-25-19(8-10-23-25)18-5-4-9-22-14-18/h6-8,10,13,18,22H,4-5,9,11-12,14-15H2,1-3H3/t18-/m0/s1. The quantitative estimate of drug-likeness (QED) is 0.814. The molecule has 0 bridgehead atoms. The third-order valence-corrected chi connectivity index (χ3v) is 5.20. The molecule has 2 heterocycles. The highest BCUT2D eigenvalue weighted by atomic mass is 16.5. The van der Waals surface area contributed by atoms with Crippen LogP contribution in [-0.4, -0.2) is 53.9 Å². The van der Waals surface area contributed by atoms with Gasteiger partial charge >= 0.3 is 0 Å². The van der Waals surface area contributed by atoms with Gasteiger partial charge in [0.2, 0.25) is 5.91 Å². The molecule has 1 N–H and O–H groups in total. The number of aryl methyl sites for hydroxylation is 2. The van der Waals surface area contributed by atoms with Crippen molar-refractivity contribution in [1.82, 2.24) is 20.0 Å². The SMILES string of the molecule is Cc1ccc(C)c(OCCN(C)C(=O)Cn2nccc2[C@H]2CCCNC2)c1. The summed E-state index contributed by atoms with van der Waals surface area (Å²) in [6.07, 6.45) is 4.10. The average molecular weight is 370 g/mol. The first-order valence-corrected chi connectivity index (χ1v) is 9.71. The zero-order valence-electron chi connectivity index (χ0n) is 16.6. The molecule has 0 unspecified atom stereocenters. The number of benzene rings is 1. The second kappa shape index (κ2) is 9.04. The predicted octanol–water partition coefficient (Wildman–Crippen LogP) is 2.50. The fraction of sp³-hybridized carbons (Fsp3) is 0.524. The van der Waals surface area contributed by atoms with Crippen molar-refractivity contribution in [2.45, 2.75) is 39.2 Å². The number of aromatic nitrogens is 2. The van der Waals surface area contributed by atoms with Crippen molar-refractivity contribution in [1.29, 1.82) is 0 Å². The number of carbonyl (C=O) groups is 1. The number of nitrogens with zero attached hydrogens (tertiary/aromatic N) is 3. The largest absolute Gasteiger partial charge is 0.491 e. The number of nitrogens with one attached hydrogen (secondary N) is 1. The highest BCUT2D eigenvalue weighted by Crippen LogP contribution is 2.23. The van der Waals surface area contributed by atoms with Crippen molar-refractivity contribution in [3.05, 3.63) is 47.3 Å². The Bertz CT molecular complexity index is 765. The van der Waals surface area contributed by atoms with Gasteiger partial charge in [0.15, 0.2) is 0 Å². The molecule has 6 heteroatoms. The van der Waals surface area contributed by atoms with E-state index in [1.807, 2.05) is 37.7 Å². The molecule has 0 saturated carbocycles. The van der Waals surface area contributed by atoms with Crippen molar-refractivity contribution >= 4 is 5.91 Å². The normalized spacial score (nSPS) is 16.9. The van der Waals surface area contributed by atoms with Crippen LogP contribution in [0.4, 0.5) is 0 Å². The van der Waals surface area contributed by atoms with Gasteiger partial charge in [-0.05, 0) is 56.5 Å². The Morgan fingerprint density at radius 2 is 2.22 bits per heavy atom. The lowest BCUT2D eigenvalue weighted by molar-refractivity contribution is -0.131. The molecule has 1 amide bonds.